The van der Waals surface area contributed by atoms with Crippen LogP contribution in [0, 0.1) is 0 Å². The van der Waals surface area contributed by atoms with E-state index < -0.39 is 0 Å². The first-order valence-electron chi connectivity index (χ1n) is 5.81. The van der Waals surface area contributed by atoms with Gasteiger partial charge in [-0.1, -0.05) is 29.8 Å². The van der Waals surface area contributed by atoms with Crippen LogP contribution in [-0.4, -0.2) is 12.9 Å². The molecule has 2 aromatic rings. The summed E-state index contributed by atoms with van der Waals surface area (Å²) in [7, 11) is 1.59. The fraction of sp³-hybridized carbons (Fsp3) is 0.0625. The number of benzene rings is 2. The number of rotatable bonds is 4. The lowest BCUT2D eigenvalue weighted by molar-refractivity contribution is 0.104. The predicted octanol–water partition coefficient (Wildman–Crippen LogP) is 4.24. The van der Waals surface area contributed by atoms with Gasteiger partial charge in [0.15, 0.2) is 5.78 Å². The molecule has 19 heavy (non-hydrogen) atoms. The Hall–Kier alpha value is -2.06. The lowest BCUT2D eigenvalue weighted by Crippen LogP contribution is -1.94. The Morgan fingerprint density at radius 1 is 1.05 bits per heavy atom. The Labute approximate surface area is 117 Å². The molecule has 0 heterocycles. The molecule has 2 nitrogen and oxygen atoms in total. The Bertz CT molecular complexity index is 583. The van der Waals surface area contributed by atoms with Gasteiger partial charge in [-0.3, -0.25) is 4.79 Å². The normalized spacial score (nSPS) is 10.6. The minimum atomic E-state index is -0.0439. The molecule has 2 rings (SSSR count). The zero-order valence-electron chi connectivity index (χ0n) is 10.5. The van der Waals surface area contributed by atoms with Gasteiger partial charge in [-0.05, 0) is 48.0 Å². The van der Waals surface area contributed by atoms with Crippen molar-refractivity contribution in [3.63, 3.8) is 0 Å². The van der Waals surface area contributed by atoms with Crippen molar-refractivity contribution in [2.45, 2.75) is 0 Å². The first-order valence-corrected chi connectivity index (χ1v) is 6.19. The third-order valence-corrected chi connectivity index (χ3v) is 2.92. The molecule has 96 valence electrons. The number of halogens is 1. The number of methoxy groups -OCH3 is 1. The molecule has 0 saturated heterocycles. The molecular weight excluding hydrogens is 260 g/mol. The van der Waals surface area contributed by atoms with E-state index in [1.54, 1.807) is 55.7 Å². The second kappa shape index (κ2) is 6.21. The monoisotopic (exact) mass is 272 g/mol. The van der Waals surface area contributed by atoms with E-state index in [9.17, 15) is 4.79 Å². The zero-order valence-corrected chi connectivity index (χ0v) is 11.2. The van der Waals surface area contributed by atoms with E-state index in [2.05, 4.69) is 0 Å². The van der Waals surface area contributed by atoms with Gasteiger partial charge in [0.2, 0.25) is 0 Å². The summed E-state index contributed by atoms with van der Waals surface area (Å²) in [5.74, 6) is 0.691. The minimum Gasteiger partial charge on any atom is -0.497 e. The summed E-state index contributed by atoms with van der Waals surface area (Å²) in [6.45, 7) is 0. The van der Waals surface area contributed by atoms with Crippen LogP contribution in [0.2, 0.25) is 5.02 Å². The smallest absolute Gasteiger partial charge is 0.185 e. The van der Waals surface area contributed by atoms with Crippen molar-refractivity contribution in [1.82, 2.24) is 0 Å². The van der Waals surface area contributed by atoms with Crippen LogP contribution in [-0.2, 0) is 0 Å². The predicted molar refractivity (Wildman–Crippen MR) is 77.8 cm³/mol. The summed E-state index contributed by atoms with van der Waals surface area (Å²) >= 11 is 5.80. The van der Waals surface area contributed by atoms with Gasteiger partial charge in [-0.15, -0.1) is 0 Å². The van der Waals surface area contributed by atoms with Gasteiger partial charge in [0.1, 0.15) is 5.75 Å². The van der Waals surface area contributed by atoms with Crippen molar-refractivity contribution in [2.75, 3.05) is 7.11 Å². The first kappa shape index (κ1) is 13.4. The highest BCUT2D eigenvalue weighted by atomic mass is 35.5. The zero-order chi connectivity index (χ0) is 13.7. The largest absolute Gasteiger partial charge is 0.497 e. The highest BCUT2D eigenvalue weighted by Gasteiger charge is 2.01. The summed E-state index contributed by atoms with van der Waals surface area (Å²) in [4.78, 5) is 11.9. The fourth-order valence-electron chi connectivity index (χ4n) is 1.60. The van der Waals surface area contributed by atoms with Crippen molar-refractivity contribution in [1.29, 1.82) is 0 Å². The van der Waals surface area contributed by atoms with E-state index in [-0.39, 0.29) is 5.78 Å². The molecule has 2 aromatic carbocycles. The van der Waals surface area contributed by atoms with Crippen LogP contribution < -0.4 is 4.74 Å². The maximum atomic E-state index is 11.9. The highest BCUT2D eigenvalue weighted by molar-refractivity contribution is 6.30. The highest BCUT2D eigenvalue weighted by Crippen LogP contribution is 2.14. The molecule has 0 saturated carbocycles. The van der Waals surface area contributed by atoms with Gasteiger partial charge in [0, 0.05) is 10.6 Å². The van der Waals surface area contributed by atoms with E-state index in [1.165, 1.54) is 0 Å². The summed E-state index contributed by atoms with van der Waals surface area (Å²) in [6.07, 6.45) is 3.31. The topological polar surface area (TPSA) is 26.3 Å². The molecular formula is C16H13ClO2. The number of ether oxygens (including phenoxy) is 1. The van der Waals surface area contributed by atoms with Crippen LogP contribution >= 0.6 is 11.6 Å². The SMILES string of the molecule is COc1ccc(C(=O)/C=C\c2ccc(Cl)cc2)cc1. The summed E-state index contributed by atoms with van der Waals surface area (Å²) < 4.78 is 5.05. The molecule has 0 radical (unpaired) electrons. The van der Waals surface area contributed by atoms with Crippen LogP contribution in [0.4, 0.5) is 0 Å². The lowest BCUT2D eigenvalue weighted by Gasteiger charge is -2.00. The molecule has 0 bridgehead atoms. The number of hydrogen-bond donors (Lipinski definition) is 0. The molecule has 0 fully saturated rings. The van der Waals surface area contributed by atoms with Crippen molar-refractivity contribution < 1.29 is 9.53 Å². The van der Waals surface area contributed by atoms with E-state index >= 15 is 0 Å². The average Bonchev–Trinajstić information content (AvgIpc) is 2.46. The molecule has 0 amide bonds. The maximum Gasteiger partial charge on any atom is 0.185 e. The Kier molecular flexibility index (Phi) is 4.37. The van der Waals surface area contributed by atoms with Crippen molar-refractivity contribution in [3.8, 4) is 5.75 Å². The molecule has 0 aliphatic rings. The van der Waals surface area contributed by atoms with Crippen LogP contribution in [0.5, 0.6) is 5.75 Å². The first-order chi connectivity index (χ1) is 9.19. The van der Waals surface area contributed by atoms with Gasteiger partial charge < -0.3 is 4.74 Å². The number of carbonyl (C=O) groups excluding carboxylic acids is 1. The second-order valence-corrected chi connectivity index (χ2v) is 4.41. The number of carbonyl (C=O) groups is 1. The molecule has 0 N–H and O–H groups in total. The van der Waals surface area contributed by atoms with Gasteiger partial charge in [0.25, 0.3) is 0 Å². The van der Waals surface area contributed by atoms with Crippen molar-refractivity contribution >= 4 is 23.5 Å². The quantitative estimate of drug-likeness (QED) is 0.614. The van der Waals surface area contributed by atoms with Crippen molar-refractivity contribution in [3.05, 3.63) is 70.8 Å². The van der Waals surface area contributed by atoms with E-state index in [0.717, 1.165) is 11.3 Å². The number of hydrogen-bond acceptors (Lipinski definition) is 2. The fourth-order valence-corrected chi connectivity index (χ4v) is 1.72. The summed E-state index contributed by atoms with van der Waals surface area (Å²) in [5, 5.41) is 0.679. The van der Waals surface area contributed by atoms with Gasteiger partial charge in [-0.25, -0.2) is 0 Å². The third kappa shape index (κ3) is 3.70. The van der Waals surface area contributed by atoms with Crippen molar-refractivity contribution in [2.24, 2.45) is 0 Å². The van der Waals surface area contributed by atoms with Crippen LogP contribution in [0.1, 0.15) is 15.9 Å². The summed E-state index contributed by atoms with van der Waals surface area (Å²) in [6, 6.07) is 14.3. The average molecular weight is 273 g/mol. The molecule has 3 heteroatoms. The van der Waals surface area contributed by atoms with Crippen LogP contribution in [0.15, 0.2) is 54.6 Å². The molecule has 0 aliphatic heterocycles. The maximum absolute atomic E-state index is 11.9. The van der Waals surface area contributed by atoms with Gasteiger partial charge in [0.05, 0.1) is 7.11 Å². The van der Waals surface area contributed by atoms with Crippen LogP contribution in [0.3, 0.4) is 0 Å². The van der Waals surface area contributed by atoms with Crippen LogP contribution in [0.25, 0.3) is 6.08 Å². The molecule has 0 unspecified atom stereocenters. The number of allylic oxidation sites excluding steroid dienone is 1. The standard InChI is InChI=1S/C16H13ClO2/c1-19-15-9-5-13(6-10-15)16(18)11-4-12-2-7-14(17)8-3-12/h2-11H,1H3/b11-4-. The summed E-state index contributed by atoms with van der Waals surface area (Å²) in [5.41, 5.74) is 1.57. The van der Waals surface area contributed by atoms with Gasteiger partial charge in [-0.2, -0.15) is 0 Å². The minimum absolute atomic E-state index is 0.0439. The van der Waals surface area contributed by atoms with E-state index in [4.69, 9.17) is 16.3 Å². The molecule has 0 spiro atoms. The lowest BCUT2D eigenvalue weighted by atomic mass is 10.1. The third-order valence-electron chi connectivity index (χ3n) is 2.67. The molecule has 0 aliphatic carbocycles. The second-order valence-electron chi connectivity index (χ2n) is 3.98. The Morgan fingerprint density at radius 2 is 1.68 bits per heavy atom. The Balaban J connectivity index is 2.09. The molecule has 0 aromatic heterocycles. The van der Waals surface area contributed by atoms with Gasteiger partial charge >= 0.3 is 0 Å². The number of ketones is 1. The van der Waals surface area contributed by atoms with E-state index in [0.29, 0.717) is 10.6 Å². The Morgan fingerprint density at radius 3 is 2.26 bits per heavy atom. The molecule has 0 atom stereocenters. The van der Waals surface area contributed by atoms with E-state index in [1.807, 2.05) is 12.1 Å².